The van der Waals surface area contributed by atoms with Crippen molar-refractivity contribution in [2.45, 2.75) is 4.90 Å². The number of hydrogen-bond acceptors (Lipinski definition) is 3. The van der Waals surface area contributed by atoms with Crippen LogP contribution in [0, 0.1) is 10.1 Å². The van der Waals surface area contributed by atoms with Crippen LogP contribution >= 0.6 is 35.0 Å². The summed E-state index contributed by atoms with van der Waals surface area (Å²) in [6.07, 6.45) is 1.72. The normalized spacial score (nSPS) is 10.1. The first-order valence-electron chi connectivity index (χ1n) is 3.23. The predicted molar refractivity (Wildman–Crippen MR) is 54.9 cm³/mol. The molecule has 0 N–H and O–H groups in total. The van der Waals surface area contributed by atoms with Gasteiger partial charge in [-0.25, -0.2) is 0 Å². The Hall–Kier alpha value is -0.450. The number of hydrogen-bond donors (Lipinski definition) is 0. The summed E-state index contributed by atoms with van der Waals surface area (Å²) in [5.74, 6) is 0. The molecule has 0 fully saturated rings. The summed E-state index contributed by atoms with van der Waals surface area (Å²) in [6.45, 7) is 0. The van der Waals surface area contributed by atoms with E-state index < -0.39 is 4.92 Å². The van der Waals surface area contributed by atoms with Crippen molar-refractivity contribution in [2.24, 2.45) is 0 Å². The number of benzene rings is 1. The summed E-state index contributed by atoms with van der Waals surface area (Å²) in [4.78, 5) is 10.5. The summed E-state index contributed by atoms with van der Waals surface area (Å²) >= 11 is 12.6. The fourth-order valence-corrected chi connectivity index (χ4v) is 2.20. The van der Waals surface area contributed by atoms with Crippen molar-refractivity contribution in [2.75, 3.05) is 6.26 Å². The second kappa shape index (κ2) is 4.17. The molecule has 0 heterocycles. The van der Waals surface area contributed by atoms with Gasteiger partial charge >= 0.3 is 0 Å². The van der Waals surface area contributed by atoms with E-state index >= 15 is 0 Å². The van der Waals surface area contributed by atoms with E-state index in [-0.39, 0.29) is 10.7 Å². The molecular weight excluding hydrogens is 233 g/mol. The monoisotopic (exact) mass is 237 g/mol. The summed E-state index contributed by atoms with van der Waals surface area (Å²) in [6, 6.07) is 2.78. The van der Waals surface area contributed by atoms with Crippen LogP contribution in [0.3, 0.4) is 0 Å². The van der Waals surface area contributed by atoms with Gasteiger partial charge in [-0.15, -0.1) is 11.8 Å². The number of nitro benzene ring substituents is 1. The van der Waals surface area contributed by atoms with Gasteiger partial charge in [-0.2, -0.15) is 0 Å². The van der Waals surface area contributed by atoms with Gasteiger partial charge in [-0.3, -0.25) is 10.1 Å². The molecule has 3 nitrogen and oxygen atoms in total. The molecule has 0 amide bonds. The number of nitrogens with zero attached hydrogens (tertiary/aromatic N) is 1. The van der Waals surface area contributed by atoms with Gasteiger partial charge in [0.05, 0.1) is 9.95 Å². The van der Waals surface area contributed by atoms with Crippen LogP contribution in [-0.2, 0) is 0 Å². The summed E-state index contributed by atoms with van der Waals surface area (Å²) in [5, 5.41) is 11.1. The smallest absolute Gasteiger partial charge is 0.258 e. The highest BCUT2D eigenvalue weighted by Gasteiger charge is 2.17. The van der Waals surface area contributed by atoms with E-state index in [2.05, 4.69) is 0 Å². The molecule has 0 bridgehead atoms. The lowest BCUT2D eigenvalue weighted by Gasteiger charge is -2.02. The zero-order chi connectivity index (χ0) is 10.0. The minimum absolute atomic E-state index is 0.0509. The molecule has 70 valence electrons. The molecule has 0 unspecified atom stereocenters. The molecule has 1 aromatic carbocycles. The van der Waals surface area contributed by atoms with Crippen LogP contribution in [0.5, 0.6) is 0 Å². The lowest BCUT2D eigenvalue weighted by molar-refractivity contribution is -0.387. The van der Waals surface area contributed by atoms with E-state index in [9.17, 15) is 10.1 Å². The highest BCUT2D eigenvalue weighted by atomic mass is 35.5. The van der Waals surface area contributed by atoms with Crippen molar-refractivity contribution in [1.29, 1.82) is 0 Å². The standard InChI is InChI=1S/C7H5Cl2NO2S/c1-13-7-5(9)2-4(8)3-6(7)10(11)12/h2-3H,1H3. The van der Waals surface area contributed by atoms with Crippen molar-refractivity contribution >= 4 is 40.7 Å². The van der Waals surface area contributed by atoms with Crippen LogP contribution in [0.2, 0.25) is 10.0 Å². The average Bonchev–Trinajstić information content (AvgIpc) is 2.02. The Morgan fingerprint density at radius 2 is 2.08 bits per heavy atom. The third-order valence-electron chi connectivity index (χ3n) is 1.39. The number of rotatable bonds is 2. The molecule has 0 aliphatic carbocycles. The topological polar surface area (TPSA) is 43.1 Å². The quantitative estimate of drug-likeness (QED) is 0.449. The van der Waals surface area contributed by atoms with Crippen molar-refractivity contribution in [3.8, 4) is 0 Å². The van der Waals surface area contributed by atoms with Gasteiger partial charge in [0, 0.05) is 11.1 Å². The van der Waals surface area contributed by atoms with Crippen LogP contribution < -0.4 is 0 Å². The predicted octanol–water partition coefficient (Wildman–Crippen LogP) is 3.62. The third kappa shape index (κ3) is 2.27. The molecule has 1 rings (SSSR count). The Kier molecular flexibility index (Phi) is 3.41. The Morgan fingerprint density at radius 1 is 1.46 bits per heavy atom. The van der Waals surface area contributed by atoms with E-state index in [0.717, 1.165) is 0 Å². The van der Waals surface area contributed by atoms with Gasteiger partial charge in [0.15, 0.2) is 0 Å². The van der Waals surface area contributed by atoms with Gasteiger partial charge < -0.3 is 0 Å². The molecule has 0 aromatic heterocycles. The lowest BCUT2D eigenvalue weighted by atomic mass is 10.3. The second-order valence-electron chi connectivity index (χ2n) is 2.20. The fourth-order valence-electron chi connectivity index (χ4n) is 0.884. The summed E-state index contributed by atoms with van der Waals surface area (Å²) in [5.41, 5.74) is -0.0509. The van der Waals surface area contributed by atoms with Gasteiger partial charge in [-0.05, 0) is 12.3 Å². The second-order valence-corrected chi connectivity index (χ2v) is 3.86. The van der Waals surface area contributed by atoms with Crippen LogP contribution in [-0.4, -0.2) is 11.2 Å². The van der Waals surface area contributed by atoms with E-state index in [1.165, 1.54) is 23.9 Å². The minimum Gasteiger partial charge on any atom is -0.258 e. The molecular formula is C7H5Cl2NO2S. The Bertz CT molecular complexity index is 357. The molecule has 0 saturated heterocycles. The highest BCUT2D eigenvalue weighted by molar-refractivity contribution is 7.98. The van der Waals surface area contributed by atoms with Gasteiger partial charge in [0.2, 0.25) is 0 Å². The van der Waals surface area contributed by atoms with E-state index in [0.29, 0.717) is 9.92 Å². The molecule has 0 aliphatic heterocycles. The Balaban J connectivity index is 3.38. The summed E-state index contributed by atoms with van der Waals surface area (Å²) in [7, 11) is 0. The molecule has 0 spiro atoms. The molecule has 6 heteroatoms. The molecule has 13 heavy (non-hydrogen) atoms. The van der Waals surface area contributed by atoms with Gasteiger partial charge in [-0.1, -0.05) is 23.2 Å². The van der Waals surface area contributed by atoms with Crippen LogP contribution in [0.4, 0.5) is 5.69 Å². The van der Waals surface area contributed by atoms with E-state index in [1.807, 2.05) is 0 Å². The SMILES string of the molecule is CSc1c(Cl)cc(Cl)cc1[N+](=O)[O-]. The fraction of sp³-hybridized carbons (Fsp3) is 0.143. The molecule has 0 saturated carbocycles. The van der Waals surface area contributed by atoms with Crippen molar-refractivity contribution < 1.29 is 4.92 Å². The zero-order valence-corrected chi connectivity index (χ0v) is 8.91. The Labute approximate surface area is 89.2 Å². The van der Waals surface area contributed by atoms with E-state index in [1.54, 1.807) is 6.26 Å². The van der Waals surface area contributed by atoms with Crippen molar-refractivity contribution in [1.82, 2.24) is 0 Å². The number of nitro groups is 1. The van der Waals surface area contributed by atoms with Gasteiger partial charge in [0.1, 0.15) is 4.90 Å². The third-order valence-corrected chi connectivity index (χ3v) is 2.86. The first-order chi connectivity index (χ1) is 6.06. The number of halogens is 2. The van der Waals surface area contributed by atoms with Crippen LogP contribution in [0.15, 0.2) is 17.0 Å². The van der Waals surface area contributed by atoms with Crippen LogP contribution in [0.1, 0.15) is 0 Å². The van der Waals surface area contributed by atoms with Crippen molar-refractivity contribution in [3.63, 3.8) is 0 Å². The number of thioether (sulfide) groups is 1. The lowest BCUT2D eigenvalue weighted by Crippen LogP contribution is -1.91. The minimum atomic E-state index is -0.496. The molecule has 0 radical (unpaired) electrons. The maximum atomic E-state index is 10.6. The average molecular weight is 238 g/mol. The largest absolute Gasteiger partial charge is 0.285 e. The maximum absolute atomic E-state index is 10.6. The summed E-state index contributed by atoms with van der Waals surface area (Å²) < 4.78 is 0. The first-order valence-corrected chi connectivity index (χ1v) is 5.21. The molecule has 0 atom stereocenters. The highest BCUT2D eigenvalue weighted by Crippen LogP contribution is 2.36. The zero-order valence-electron chi connectivity index (χ0n) is 6.58. The Morgan fingerprint density at radius 3 is 2.54 bits per heavy atom. The van der Waals surface area contributed by atoms with Gasteiger partial charge in [0.25, 0.3) is 5.69 Å². The van der Waals surface area contributed by atoms with E-state index in [4.69, 9.17) is 23.2 Å². The molecule has 1 aromatic rings. The van der Waals surface area contributed by atoms with Crippen LogP contribution in [0.25, 0.3) is 0 Å². The first kappa shape index (κ1) is 10.6. The molecule has 0 aliphatic rings. The van der Waals surface area contributed by atoms with Crippen molar-refractivity contribution in [3.05, 3.63) is 32.3 Å². The maximum Gasteiger partial charge on any atom is 0.285 e.